The fraction of sp³-hybridized carbons (Fsp3) is 0.214. The van der Waals surface area contributed by atoms with Gasteiger partial charge in [0.1, 0.15) is 5.82 Å². The van der Waals surface area contributed by atoms with E-state index in [1.165, 1.54) is 12.1 Å². The summed E-state index contributed by atoms with van der Waals surface area (Å²) in [6, 6.07) is 3.61. The van der Waals surface area contributed by atoms with Crippen molar-refractivity contribution in [3.8, 4) is 0 Å². The van der Waals surface area contributed by atoms with Gasteiger partial charge < -0.3 is 15.7 Å². The van der Waals surface area contributed by atoms with Gasteiger partial charge in [-0.05, 0) is 25.1 Å². The Kier molecular flexibility index (Phi) is 6.06. The number of hydrogen-bond acceptors (Lipinski definition) is 3. The number of amides is 2. The second-order valence-corrected chi connectivity index (χ2v) is 4.04. The Morgan fingerprint density at radius 3 is 2.57 bits per heavy atom. The monoisotopic (exact) mass is 294 g/mol. The van der Waals surface area contributed by atoms with Gasteiger partial charge in [0, 0.05) is 23.7 Å². The first-order valence-electron chi connectivity index (χ1n) is 6.19. The zero-order chi connectivity index (χ0) is 15.8. The van der Waals surface area contributed by atoms with Gasteiger partial charge in [0.05, 0.1) is 6.54 Å². The van der Waals surface area contributed by atoms with Crippen LogP contribution in [0.25, 0.3) is 6.08 Å². The van der Waals surface area contributed by atoms with E-state index in [1.54, 1.807) is 6.92 Å². The van der Waals surface area contributed by atoms with E-state index in [-0.39, 0.29) is 23.6 Å². The molecular formula is C14H15FN2O4. The largest absolute Gasteiger partial charge is 0.478 e. The molecule has 0 spiro atoms. The minimum Gasteiger partial charge on any atom is -0.478 e. The number of carboxylic acid groups (broad SMARTS) is 1. The normalized spacial score (nSPS) is 10.4. The van der Waals surface area contributed by atoms with Crippen LogP contribution in [-0.2, 0) is 9.59 Å². The van der Waals surface area contributed by atoms with Crippen molar-refractivity contribution in [3.63, 3.8) is 0 Å². The molecule has 0 saturated carbocycles. The second kappa shape index (κ2) is 7.78. The van der Waals surface area contributed by atoms with Crippen molar-refractivity contribution in [1.29, 1.82) is 0 Å². The maximum atomic E-state index is 13.7. The highest BCUT2D eigenvalue weighted by Gasteiger charge is 2.10. The average molecular weight is 294 g/mol. The Balaban J connectivity index is 2.72. The molecule has 7 heteroatoms. The fourth-order valence-corrected chi connectivity index (χ4v) is 1.49. The zero-order valence-electron chi connectivity index (χ0n) is 11.4. The summed E-state index contributed by atoms with van der Waals surface area (Å²) in [7, 11) is 0. The third-order valence-electron chi connectivity index (χ3n) is 2.45. The molecule has 0 aromatic heterocycles. The standard InChI is InChI=1S/C14H15FN2O4/c1-2-16-12(18)8-17-14(21)10-4-3-9(11(15)7-10)5-6-13(19)20/h3-7H,2,8H2,1H3,(H,16,18)(H,17,21)(H,19,20). The molecule has 1 rings (SSSR count). The number of halogens is 1. The topological polar surface area (TPSA) is 95.5 Å². The van der Waals surface area contributed by atoms with Crippen LogP contribution in [-0.4, -0.2) is 36.0 Å². The van der Waals surface area contributed by atoms with E-state index < -0.39 is 17.7 Å². The maximum Gasteiger partial charge on any atom is 0.328 e. The van der Waals surface area contributed by atoms with Crippen LogP contribution in [0, 0.1) is 5.82 Å². The second-order valence-electron chi connectivity index (χ2n) is 4.04. The molecule has 0 aliphatic carbocycles. The number of carboxylic acids is 1. The Bertz CT molecular complexity index is 584. The molecule has 1 aromatic rings. The van der Waals surface area contributed by atoms with E-state index in [4.69, 9.17) is 5.11 Å². The molecule has 0 atom stereocenters. The van der Waals surface area contributed by atoms with Crippen molar-refractivity contribution in [2.75, 3.05) is 13.1 Å². The molecule has 0 heterocycles. The quantitative estimate of drug-likeness (QED) is 0.676. The van der Waals surface area contributed by atoms with Crippen LogP contribution < -0.4 is 10.6 Å². The maximum absolute atomic E-state index is 13.7. The lowest BCUT2D eigenvalue weighted by Crippen LogP contribution is -2.36. The van der Waals surface area contributed by atoms with Gasteiger partial charge in [0.2, 0.25) is 5.91 Å². The summed E-state index contributed by atoms with van der Waals surface area (Å²) in [5.41, 5.74) is 0.0990. The van der Waals surface area contributed by atoms with E-state index in [9.17, 15) is 18.8 Å². The summed E-state index contributed by atoms with van der Waals surface area (Å²) >= 11 is 0. The Morgan fingerprint density at radius 1 is 1.29 bits per heavy atom. The zero-order valence-corrected chi connectivity index (χ0v) is 11.4. The van der Waals surface area contributed by atoms with Gasteiger partial charge in [-0.2, -0.15) is 0 Å². The van der Waals surface area contributed by atoms with Crippen molar-refractivity contribution < 1.29 is 23.9 Å². The van der Waals surface area contributed by atoms with Crippen LogP contribution in [0.3, 0.4) is 0 Å². The molecule has 0 radical (unpaired) electrons. The minimum absolute atomic E-state index is 0.0456. The van der Waals surface area contributed by atoms with E-state index in [1.807, 2.05) is 0 Å². The molecule has 1 aromatic carbocycles. The minimum atomic E-state index is -1.20. The summed E-state index contributed by atoms with van der Waals surface area (Å²) < 4.78 is 13.7. The third-order valence-corrected chi connectivity index (χ3v) is 2.45. The number of benzene rings is 1. The van der Waals surface area contributed by atoms with E-state index >= 15 is 0 Å². The molecule has 0 saturated heterocycles. The SMILES string of the molecule is CCNC(=O)CNC(=O)c1ccc(C=CC(=O)O)c(F)c1. The highest BCUT2D eigenvalue weighted by Crippen LogP contribution is 2.12. The van der Waals surface area contributed by atoms with Crippen molar-refractivity contribution in [3.05, 3.63) is 41.2 Å². The highest BCUT2D eigenvalue weighted by atomic mass is 19.1. The first kappa shape index (κ1) is 16.4. The Hall–Kier alpha value is -2.70. The van der Waals surface area contributed by atoms with Gasteiger partial charge in [0.15, 0.2) is 0 Å². The first-order chi connectivity index (χ1) is 9.93. The Morgan fingerprint density at radius 2 is 2.00 bits per heavy atom. The summed E-state index contributed by atoms with van der Waals surface area (Å²) in [6.07, 6.45) is 1.89. The summed E-state index contributed by atoms with van der Waals surface area (Å²) in [6.45, 7) is 2.00. The lowest BCUT2D eigenvalue weighted by molar-refractivity contribution is -0.131. The lowest BCUT2D eigenvalue weighted by Gasteiger charge is -2.06. The Labute approximate surface area is 120 Å². The molecule has 112 valence electrons. The number of rotatable bonds is 6. The molecule has 0 fully saturated rings. The van der Waals surface area contributed by atoms with E-state index in [0.29, 0.717) is 6.54 Å². The number of nitrogens with one attached hydrogen (secondary N) is 2. The van der Waals surface area contributed by atoms with Crippen molar-refractivity contribution in [1.82, 2.24) is 10.6 Å². The van der Waals surface area contributed by atoms with Crippen LogP contribution in [0.15, 0.2) is 24.3 Å². The number of likely N-dealkylation sites (N-methyl/N-ethyl adjacent to an activating group) is 1. The number of carbonyl (C=O) groups is 3. The average Bonchev–Trinajstić information content (AvgIpc) is 2.43. The van der Waals surface area contributed by atoms with Crippen LogP contribution in [0.4, 0.5) is 4.39 Å². The van der Waals surface area contributed by atoms with Crippen LogP contribution in [0.2, 0.25) is 0 Å². The van der Waals surface area contributed by atoms with Gasteiger partial charge in [0.25, 0.3) is 5.91 Å². The van der Waals surface area contributed by atoms with Gasteiger partial charge in [-0.1, -0.05) is 6.07 Å². The summed E-state index contributed by atoms with van der Waals surface area (Å²) in [5.74, 6) is -2.85. The summed E-state index contributed by atoms with van der Waals surface area (Å²) in [4.78, 5) is 33.2. The number of carbonyl (C=O) groups excluding carboxylic acids is 2. The molecular weight excluding hydrogens is 279 g/mol. The smallest absolute Gasteiger partial charge is 0.328 e. The molecule has 2 amide bonds. The fourth-order valence-electron chi connectivity index (χ4n) is 1.49. The molecule has 0 aliphatic heterocycles. The molecule has 6 nitrogen and oxygen atoms in total. The molecule has 0 bridgehead atoms. The van der Waals surface area contributed by atoms with Gasteiger partial charge in [-0.15, -0.1) is 0 Å². The van der Waals surface area contributed by atoms with E-state index in [0.717, 1.165) is 18.2 Å². The lowest BCUT2D eigenvalue weighted by atomic mass is 10.1. The predicted octanol–water partition coefficient (Wildman–Crippen LogP) is 0.789. The van der Waals surface area contributed by atoms with Gasteiger partial charge in [-0.3, -0.25) is 9.59 Å². The van der Waals surface area contributed by atoms with Gasteiger partial charge >= 0.3 is 5.97 Å². The van der Waals surface area contributed by atoms with Crippen molar-refractivity contribution >= 4 is 23.9 Å². The third kappa shape index (κ3) is 5.43. The van der Waals surface area contributed by atoms with Gasteiger partial charge in [-0.25, -0.2) is 9.18 Å². The molecule has 21 heavy (non-hydrogen) atoms. The predicted molar refractivity (Wildman–Crippen MR) is 74.1 cm³/mol. The van der Waals surface area contributed by atoms with E-state index in [2.05, 4.69) is 10.6 Å². The molecule has 0 aliphatic rings. The van der Waals surface area contributed by atoms with Crippen LogP contribution in [0.1, 0.15) is 22.8 Å². The van der Waals surface area contributed by atoms with Crippen LogP contribution >= 0.6 is 0 Å². The molecule has 3 N–H and O–H groups in total. The summed E-state index contributed by atoms with van der Waals surface area (Å²) in [5, 5.41) is 13.3. The van der Waals surface area contributed by atoms with Crippen molar-refractivity contribution in [2.24, 2.45) is 0 Å². The number of hydrogen-bond donors (Lipinski definition) is 3. The number of aliphatic carboxylic acids is 1. The van der Waals surface area contributed by atoms with Crippen molar-refractivity contribution in [2.45, 2.75) is 6.92 Å². The van der Waals surface area contributed by atoms with Crippen LogP contribution in [0.5, 0.6) is 0 Å². The first-order valence-corrected chi connectivity index (χ1v) is 6.19. The highest BCUT2D eigenvalue weighted by molar-refractivity contribution is 5.96. The molecule has 0 unspecified atom stereocenters.